The largest absolute Gasteiger partial charge is 0.493 e. The summed E-state index contributed by atoms with van der Waals surface area (Å²) < 4.78 is 10.5. The Kier molecular flexibility index (Phi) is 6.30. The summed E-state index contributed by atoms with van der Waals surface area (Å²) in [4.78, 5) is 2.30. The summed E-state index contributed by atoms with van der Waals surface area (Å²) in [6.07, 6.45) is 0. The highest BCUT2D eigenvalue weighted by molar-refractivity contribution is 6.21. The molecule has 18 heavy (non-hydrogen) atoms. The molecule has 0 fully saturated rings. The van der Waals surface area contributed by atoms with Gasteiger partial charge in [0, 0.05) is 6.54 Å². The van der Waals surface area contributed by atoms with E-state index in [1.165, 1.54) is 0 Å². The molecular weight excluding hydrogens is 250 g/mol. The molecule has 0 spiro atoms. The van der Waals surface area contributed by atoms with Crippen molar-refractivity contribution in [2.24, 2.45) is 0 Å². The number of halogens is 1. The van der Waals surface area contributed by atoms with Crippen LogP contribution in [0.2, 0.25) is 0 Å². The van der Waals surface area contributed by atoms with Gasteiger partial charge in [0.2, 0.25) is 0 Å². The third kappa shape index (κ3) is 3.79. The van der Waals surface area contributed by atoms with Crippen LogP contribution in [0.1, 0.15) is 24.8 Å². The van der Waals surface area contributed by atoms with Gasteiger partial charge in [-0.25, -0.2) is 0 Å². The molecule has 0 aliphatic rings. The lowest BCUT2D eigenvalue weighted by Crippen LogP contribution is -2.26. The van der Waals surface area contributed by atoms with Gasteiger partial charge in [0.25, 0.3) is 0 Å². The van der Waals surface area contributed by atoms with E-state index in [1.807, 2.05) is 18.2 Å². The van der Waals surface area contributed by atoms with E-state index in [4.69, 9.17) is 21.1 Å². The lowest BCUT2D eigenvalue weighted by molar-refractivity contribution is 0.303. The Hall–Kier alpha value is -0.930. The van der Waals surface area contributed by atoms with Gasteiger partial charge in [0.1, 0.15) is 0 Å². The molecule has 3 nitrogen and oxygen atoms in total. The van der Waals surface area contributed by atoms with Crippen molar-refractivity contribution in [3.05, 3.63) is 23.8 Å². The summed E-state index contributed by atoms with van der Waals surface area (Å²) >= 11 is 6.44. The Bertz CT molecular complexity index is 367. The standard InChI is InChI=1S/C14H22ClNO2/c1-5-16(6-2)10-12(15)11-7-8-13(17-3)14(9-11)18-4/h7-9,12H,5-6,10H2,1-4H3. The summed E-state index contributed by atoms with van der Waals surface area (Å²) in [6, 6.07) is 5.83. The molecule has 1 atom stereocenters. The van der Waals surface area contributed by atoms with Gasteiger partial charge >= 0.3 is 0 Å². The lowest BCUT2D eigenvalue weighted by Gasteiger charge is -2.22. The highest BCUT2D eigenvalue weighted by Gasteiger charge is 2.14. The average molecular weight is 272 g/mol. The van der Waals surface area contributed by atoms with Crippen LogP contribution in [-0.4, -0.2) is 38.8 Å². The fraction of sp³-hybridized carbons (Fsp3) is 0.571. The van der Waals surface area contributed by atoms with Crippen LogP contribution in [0.3, 0.4) is 0 Å². The topological polar surface area (TPSA) is 21.7 Å². The molecule has 102 valence electrons. The number of likely N-dealkylation sites (N-methyl/N-ethyl adjacent to an activating group) is 1. The number of nitrogens with zero attached hydrogens (tertiary/aromatic N) is 1. The zero-order valence-corrected chi connectivity index (χ0v) is 12.3. The molecule has 0 N–H and O–H groups in total. The van der Waals surface area contributed by atoms with E-state index in [-0.39, 0.29) is 5.38 Å². The Morgan fingerprint density at radius 1 is 1.11 bits per heavy atom. The predicted molar refractivity (Wildman–Crippen MR) is 75.9 cm³/mol. The van der Waals surface area contributed by atoms with Crippen LogP contribution in [-0.2, 0) is 0 Å². The molecule has 0 saturated carbocycles. The average Bonchev–Trinajstić information content (AvgIpc) is 2.43. The fourth-order valence-corrected chi connectivity index (χ4v) is 2.19. The summed E-state index contributed by atoms with van der Waals surface area (Å²) in [5.74, 6) is 1.45. The zero-order valence-electron chi connectivity index (χ0n) is 11.6. The van der Waals surface area contributed by atoms with Crippen molar-refractivity contribution in [3.63, 3.8) is 0 Å². The molecule has 0 aliphatic heterocycles. The van der Waals surface area contributed by atoms with E-state index in [9.17, 15) is 0 Å². The molecule has 1 rings (SSSR count). The Morgan fingerprint density at radius 2 is 1.72 bits per heavy atom. The van der Waals surface area contributed by atoms with Crippen LogP contribution in [0.25, 0.3) is 0 Å². The van der Waals surface area contributed by atoms with Crippen molar-refractivity contribution < 1.29 is 9.47 Å². The van der Waals surface area contributed by atoms with E-state index in [0.717, 1.165) is 36.7 Å². The smallest absolute Gasteiger partial charge is 0.161 e. The van der Waals surface area contributed by atoms with Crippen LogP contribution in [0.5, 0.6) is 11.5 Å². The number of alkyl halides is 1. The number of ether oxygens (including phenoxy) is 2. The van der Waals surface area contributed by atoms with Crippen molar-refractivity contribution in [2.75, 3.05) is 33.9 Å². The molecule has 0 amide bonds. The quantitative estimate of drug-likeness (QED) is 0.710. The molecule has 0 radical (unpaired) electrons. The minimum atomic E-state index is -0.0373. The SMILES string of the molecule is CCN(CC)CC(Cl)c1ccc(OC)c(OC)c1. The number of hydrogen-bond acceptors (Lipinski definition) is 3. The second-order valence-corrected chi connectivity index (χ2v) is 4.59. The Labute approximate surface area is 115 Å². The van der Waals surface area contributed by atoms with Gasteiger partial charge in [0.15, 0.2) is 11.5 Å². The molecule has 0 aromatic heterocycles. The lowest BCUT2D eigenvalue weighted by atomic mass is 10.1. The van der Waals surface area contributed by atoms with Crippen molar-refractivity contribution >= 4 is 11.6 Å². The van der Waals surface area contributed by atoms with E-state index >= 15 is 0 Å². The summed E-state index contributed by atoms with van der Waals surface area (Å²) in [7, 11) is 3.26. The minimum absolute atomic E-state index is 0.0373. The van der Waals surface area contributed by atoms with Crippen LogP contribution in [0, 0.1) is 0 Å². The maximum atomic E-state index is 6.44. The highest BCUT2D eigenvalue weighted by Crippen LogP contribution is 2.32. The molecule has 4 heteroatoms. The number of benzene rings is 1. The highest BCUT2D eigenvalue weighted by atomic mass is 35.5. The minimum Gasteiger partial charge on any atom is -0.493 e. The van der Waals surface area contributed by atoms with Crippen molar-refractivity contribution in [3.8, 4) is 11.5 Å². The number of methoxy groups -OCH3 is 2. The Morgan fingerprint density at radius 3 is 2.22 bits per heavy atom. The zero-order chi connectivity index (χ0) is 13.5. The van der Waals surface area contributed by atoms with E-state index < -0.39 is 0 Å². The van der Waals surface area contributed by atoms with Crippen LogP contribution < -0.4 is 9.47 Å². The van der Waals surface area contributed by atoms with Crippen molar-refractivity contribution in [1.29, 1.82) is 0 Å². The summed E-state index contributed by atoms with van der Waals surface area (Å²) in [6.45, 7) is 7.13. The molecule has 0 aliphatic carbocycles. The second-order valence-electron chi connectivity index (χ2n) is 4.07. The van der Waals surface area contributed by atoms with E-state index in [2.05, 4.69) is 18.7 Å². The second kappa shape index (κ2) is 7.49. The maximum absolute atomic E-state index is 6.44. The fourth-order valence-electron chi connectivity index (χ4n) is 1.86. The van der Waals surface area contributed by atoms with E-state index in [0.29, 0.717) is 0 Å². The molecular formula is C14H22ClNO2. The predicted octanol–water partition coefficient (Wildman–Crippen LogP) is 3.33. The number of hydrogen-bond donors (Lipinski definition) is 0. The summed E-state index contributed by atoms with van der Waals surface area (Å²) in [5.41, 5.74) is 1.06. The van der Waals surface area contributed by atoms with Crippen molar-refractivity contribution in [2.45, 2.75) is 19.2 Å². The first kappa shape index (κ1) is 15.1. The first-order valence-electron chi connectivity index (χ1n) is 6.24. The van der Waals surface area contributed by atoms with Crippen LogP contribution in [0.4, 0.5) is 0 Å². The molecule has 0 bridgehead atoms. The van der Waals surface area contributed by atoms with Gasteiger partial charge in [-0.3, -0.25) is 0 Å². The van der Waals surface area contributed by atoms with Crippen LogP contribution >= 0.6 is 11.6 Å². The first-order valence-corrected chi connectivity index (χ1v) is 6.68. The normalized spacial score (nSPS) is 12.6. The van der Waals surface area contributed by atoms with Gasteiger partial charge in [-0.15, -0.1) is 11.6 Å². The Balaban J connectivity index is 2.82. The molecule has 0 saturated heterocycles. The van der Waals surface area contributed by atoms with Gasteiger partial charge in [-0.05, 0) is 30.8 Å². The van der Waals surface area contributed by atoms with Crippen molar-refractivity contribution in [1.82, 2.24) is 4.90 Å². The van der Waals surface area contributed by atoms with Gasteiger partial charge < -0.3 is 14.4 Å². The molecule has 1 aromatic rings. The third-order valence-corrected chi connectivity index (χ3v) is 3.47. The first-order chi connectivity index (χ1) is 8.65. The van der Waals surface area contributed by atoms with E-state index in [1.54, 1.807) is 14.2 Å². The molecule has 1 unspecified atom stereocenters. The van der Waals surface area contributed by atoms with Gasteiger partial charge in [0.05, 0.1) is 19.6 Å². The van der Waals surface area contributed by atoms with Gasteiger partial charge in [-0.1, -0.05) is 19.9 Å². The molecule has 0 heterocycles. The third-order valence-electron chi connectivity index (χ3n) is 3.08. The van der Waals surface area contributed by atoms with Gasteiger partial charge in [-0.2, -0.15) is 0 Å². The molecule has 1 aromatic carbocycles. The monoisotopic (exact) mass is 271 g/mol. The summed E-state index contributed by atoms with van der Waals surface area (Å²) in [5, 5.41) is -0.0373. The maximum Gasteiger partial charge on any atom is 0.161 e. The van der Waals surface area contributed by atoms with Crippen LogP contribution in [0.15, 0.2) is 18.2 Å². The number of rotatable bonds is 7.